The minimum Gasteiger partial charge on any atom is -0.480 e. The molecular formula is C12H16N4O3S. The minimum atomic E-state index is -0.974. The van der Waals surface area contributed by atoms with Gasteiger partial charge in [0.2, 0.25) is 0 Å². The number of hydrogen-bond donors (Lipinski definition) is 1. The Kier molecular flexibility index (Phi) is 5.19. The van der Waals surface area contributed by atoms with Gasteiger partial charge in [0, 0.05) is 11.5 Å². The quantitative estimate of drug-likeness (QED) is 0.747. The predicted molar refractivity (Wildman–Crippen MR) is 73.3 cm³/mol. The molecule has 0 aliphatic carbocycles. The molecule has 0 aliphatic heterocycles. The van der Waals surface area contributed by atoms with Crippen molar-refractivity contribution in [2.45, 2.75) is 32.9 Å². The Morgan fingerprint density at radius 2 is 2.35 bits per heavy atom. The van der Waals surface area contributed by atoms with Crippen LogP contribution in [0.1, 0.15) is 24.6 Å². The molecule has 2 heterocycles. The van der Waals surface area contributed by atoms with Gasteiger partial charge in [-0.15, -0.1) is 16.4 Å². The normalized spacial score (nSPS) is 10.8. The van der Waals surface area contributed by atoms with Crippen LogP contribution in [-0.2, 0) is 22.7 Å². The summed E-state index contributed by atoms with van der Waals surface area (Å²) in [4.78, 5) is 12.6. The maximum Gasteiger partial charge on any atom is 0.325 e. The number of aliphatic carboxylic acids is 1. The summed E-state index contributed by atoms with van der Waals surface area (Å²) in [5, 5.41) is 19.9. The Balaban J connectivity index is 2.01. The molecule has 0 spiro atoms. The summed E-state index contributed by atoms with van der Waals surface area (Å²) in [7, 11) is 0. The van der Waals surface area contributed by atoms with Crippen LogP contribution in [0, 0.1) is 0 Å². The summed E-state index contributed by atoms with van der Waals surface area (Å²) in [6.07, 6.45) is 2.16. The van der Waals surface area contributed by atoms with E-state index in [9.17, 15) is 4.79 Å². The topological polar surface area (TPSA) is 90.1 Å². The van der Waals surface area contributed by atoms with E-state index in [1.165, 1.54) is 16.0 Å². The van der Waals surface area contributed by atoms with Gasteiger partial charge in [0.05, 0.1) is 11.5 Å². The third-order valence-corrected chi connectivity index (χ3v) is 3.64. The lowest BCUT2D eigenvalue weighted by Crippen LogP contribution is -2.11. The van der Waals surface area contributed by atoms with Crippen molar-refractivity contribution < 1.29 is 14.6 Å². The Morgan fingerprint density at radius 1 is 1.50 bits per heavy atom. The number of tetrazole rings is 1. The number of thiophene rings is 1. The van der Waals surface area contributed by atoms with Crippen molar-refractivity contribution in [2.24, 2.45) is 0 Å². The molecule has 0 unspecified atom stereocenters. The van der Waals surface area contributed by atoms with Crippen LogP contribution in [0.3, 0.4) is 0 Å². The summed E-state index contributed by atoms with van der Waals surface area (Å²) < 4.78 is 6.82. The highest BCUT2D eigenvalue weighted by atomic mass is 32.1. The van der Waals surface area contributed by atoms with Gasteiger partial charge in [-0.25, -0.2) is 4.68 Å². The maximum absolute atomic E-state index is 10.7. The smallest absolute Gasteiger partial charge is 0.325 e. The lowest BCUT2D eigenvalue weighted by molar-refractivity contribution is -0.137. The van der Waals surface area contributed by atoms with Gasteiger partial charge in [0.25, 0.3) is 0 Å². The molecule has 0 atom stereocenters. The van der Waals surface area contributed by atoms with Crippen molar-refractivity contribution in [3.63, 3.8) is 0 Å². The second kappa shape index (κ2) is 7.11. The molecule has 20 heavy (non-hydrogen) atoms. The largest absolute Gasteiger partial charge is 0.480 e. The zero-order valence-corrected chi connectivity index (χ0v) is 12.0. The molecule has 2 aromatic rings. The molecule has 0 amide bonds. The first-order valence-electron chi connectivity index (χ1n) is 6.35. The lowest BCUT2D eigenvalue weighted by atomic mass is 10.4. The predicted octanol–water partition coefficient (Wildman–Crippen LogP) is 1.80. The van der Waals surface area contributed by atoms with Crippen molar-refractivity contribution in [3.8, 4) is 10.7 Å². The highest BCUT2D eigenvalue weighted by molar-refractivity contribution is 7.15. The lowest BCUT2D eigenvalue weighted by Gasteiger charge is -2.00. The van der Waals surface area contributed by atoms with Crippen LogP contribution >= 0.6 is 11.3 Å². The molecule has 2 aromatic heterocycles. The van der Waals surface area contributed by atoms with Crippen molar-refractivity contribution in [1.29, 1.82) is 0 Å². The van der Waals surface area contributed by atoms with E-state index in [0.717, 1.165) is 29.2 Å². The zero-order valence-electron chi connectivity index (χ0n) is 11.2. The van der Waals surface area contributed by atoms with Crippen LogP contribution in [0.2, 0.25) is 0 Å². The molecule has 8 heteroatoms. The molecule has 0 aliphatic rings. The van der Waals surface area contributed by atoms with Gasteiger partial charge >= 0.3 is 5.97 Å². The Hall–Kier alpha value is -1.80. The van der Waals surface area contributed by atoms with E-state index in [1.54, 1.807) is 0 Å². The molecule has 2 rings (SSSR count). The van der Waals surface area contributed by atoms with Crippen LogP contribution in [0.25, 0.3) is 10.7 Å². The van der Waals surface area contributed by atoms with E-state index >= 15 is 0 Å². The average molecular weight is 296 g/mol. The number of ether oxygens (including phenoxy) is 1. The van der Waals surface area contributed by atoms with Gasteiger partial charge in [-0.1, -0.05) is 13.3 Å². The van der Waals surface area contributed by atoms with Crippen molar-refractivity contribution in [1.82, 2.24) is 20.2 Å². The van der Waals surface area contributed by atoms with Gasteiger partial charge in [-0.05, 0) is 29.0 Å². The maximum atomic E-state index is 10.7. The van der Waals surface area contributed by atoms with E-state index in [-0.39, 0.29) is 6.54 Å². The second-order valence-corrected chi connectivity index (χ2v) is 5.39. The molecular weight excluding hydrogens is 280 g/mol. The van der Waals surface area contributed by atoms with Gasteiger partial charge in [-0.2, -0.15) is 0 Å². The fourth-order valence-electron chi connectivity index (χ4n) is 1.61. The molecule has 0 saturated heterocycles. The summed E-state index contributed by atoms with van der Waals surface area (Å²) in [6, 6.07) is 3.83. The molecule has 0 radical (unpaired) electrons. The first-order valence-corrected chi connectivity index (χ1v) is 7.17. The first kappa shape index (κ1) is 14.6. The van der Waals surface area contributed by atoms with Gasteiger partial charge < -0.3 is 9.84 Å². The average Bonchev–Trinajstić information content (AvgIpc) is 3.02. The molecule has 1 N–H and O–H groups in total. The van der Waals surface area contributed by atoms with Crippen molar-refractivity contribution in [3.05, 3.63) is 17.0 Å². The first-order chi connectivity index (χ1) is 9.70. The van der Waals surface area contributed by atoms with E-state index in [1.807, 2.05) is 12.1 Å². The molecule has 0 saturated carbocycles. The molecule has 7 nitrogen and oxygen atoms in total. The molecule has 108 valence electrons. The highest BCUT2D eigenvalue weighted by Gasteiger charge is 2.13. The van der Waals surface area contributed by atoms with Crippen LogP contribution in [0.4, 0.5) is 0 Å². The fraction of sp³-hybridized carbons (Fsp3) is 0.500. The van der Waals surface area contributed by atoms with Gasteiger partial charge in [0.1, 0.15) is 6.54 Å². The van der Waals surface area contributed by atoms with Crippen LogP contribution in [0.15, 0.2) is 12.1 Å². The van der Waals surface area contributed by atoms with E-state index in [4.69, 9.17) is 9.84 Å². The number of nitrogens with zero attached hydrogens (tertiary/aromatic N) is 4. The van der Waals surface area contributed by atoms with Gasteiger partial charge in [0.15, 0.2) is 5.82 Å². The van der Waals surface area contributed by atoms with Gasteiger partial charge in [-0.3, -0.25) is 4.79 Å². The van der Waals surface area contributed by atoms with E-state index in [2.05, 4.69) is 22.4 Å². The third kappa shape index (κ3) is 3.84. The zero-order chi connectivity index (χ0) is 14.4. The van der Waals surface area contributed by atoms with E-state index < -0.39 is 5.97 Å². The van der Waals surface area contributed by atoms with Crippen molar-refractivity contribution >= 4 is 17.3 Å². The number of hydrogen-bond acceptors (Lipinski definition) is 6. The Morgan fingerprint density at radius 3 is 3.10 bits per heavy atom. The standard InChI is InChI=1S/C12H16N4O3S/c1-2-3-6-19-8-9-4-5-10(20-9)12-13-14-15-16(12)7-11(17)18/h4-5H,2-3,6-8H2,1H3,(H,17,18). The highest BCUT2D eigenvalue weighted by Crippen LogP contribution is 2.26. The summed E-state index contributed by atoms with van der Waals surface area (Å²) in [5.41, 5.74) is 0. The molecule has 0 fully saturated rings. The minimum absolute atomic E-state index is 0.247. The fourth-order valence-corrected chi connectivity index (χ4v) is 2.54. The Bertz CT molecular complexity index is 567. The third-order valence-electron chi connectivity index (χ3n) is 2.59. The second-order valence-electron chi connectivity index (χ2n) is 4.23. The molecule has 0 bridgehead atoms. The SMILES string of the molecule is CCCCOCc1ccc(-c2nnnn2CC(=O)O)s1. The number of carbonyl (C=O) groups is 1. The van der Waals surface area contributed by atoms with E-state index in [0.29, 0.717) is 12.4 Å². The number of aromatic nitrogens is 4. The Labute approximate surface area is 120 Å². The number of carboxylic acids is 1. The number of rotatable bonds is 8. The summed E-state index contributed by atoms with van der Waals surface area (Å²) in [5.74, 6) is -0.504. The monoisotopic (exact) mass is 296 g/mol. The summed E-state index contributed by atoms with van der Waals surface area (Å²) >= 11 is 1.51. The van der Waals surface area contributed by atoms with Crippen molar-refractivity contribution in [2.75, 3.05) is 6.61 Å². The number of carboxylic acid groups (broad SMARTS) is 1. The summed E-state index contributed by atoms with van der Waals surface area (Å²) in [6.45, 7) is 3.18. The van der Waals surface area contributed by atoms with Crippen LogP contribution in [-0.4, -0.2) is 37.9 Å². The van der Waals surface area contributed by atoms with Crippen LogP contribution < -0.4 is 0 Å². The number of unbranched alkanes of at least 4 members (excludes halogenated alkanes) is 1. The molecule has 0 aromatic carbocycles. The van der Waals surface area contributed by atoms with Crippen LogP contribution in [0.5, 0.6) is 0 Å².